The fourth-order valence-electron chi connectivity index (χ4n) is 2.03. The summed E-state index contributed by atoms with van der Waals surface area (Å²) in [6.07, 6.45) is 1.50. The molecule has 0 aliphatic rings. The van der Waals surface area contributed by atoms with E-state index in [0.717, 1.165) is 5.56 Å². The first-order chi connectivity index (χ1) is 9.38. The summed E-state index contributed by atoms with van der Waals surface area (Å²) in [5.74, 6) is 0.144. The quantitative estimate of drug-likeness (QED) is 0.914. The molecule has 3 nitrogen and oxygen atoms in total. The molecular formula is C17H21NO2. The van der Waals surface area contributed by atoms with Gasteiger partial charge >= 0.3 is 0 Å². The summed E-state index contributed by atoms with van der Waals surface area (Å²) in [6, 6.07) is 11.7. The van der Waals surface area contributed by atoms with Crippen molar-refractivity contribution < 1.29 is 9.21 Å². The Morgan fingerprint density at radius 2 is 1.80 bits per heavy atom. The van der Waals surface area contributed by atoms with Crippen molar-refractivity contribution in [2.24, 2.45) is 0 Å². The zero-order valence-electron chi connectivity index (χ0n) is 12.4. The Labute approximate surface area is 120 Å². The third kappa shape index (κ3) is 3.29. The molecule has 1 heterocycles. The Hall–Kier alpha value is -2.03. The Kier molecular flexibility index (Phi) is 3.98. The molecule has 106 valence electrons. The standard InChI is InChI=1S/C17H21NO2/c1-12(18-16(19)15-6-5-11-20-15)13-7-9-14(10-8-13)17(2,3)4/h5-12H,1-4H3,(H,18,19). The van der Waals surface area contributed by atoms with Gasteiger partial charge in [-0.1, -0.05) is 45.0 Å². The van der Waals surface area contributed by atoms with Crippen molar-refractivity contribution in [3.63, 3.8) is 0 Å². The molecule has 0 bridgehead atoms. The highest BCUT2D eigenvalue weighted by Crippen LogP contribution is 2.24. The molecule has 2 aromatic rings. The van der Waals surface area contributed by atoms with E-state index in [4.69, 9.17) is 4.42 Å². The summed E-state index contributed by atoms with van der Waals surface area (Å²) in [6.45, 7) is 8.52. The lowest BCUT2D eigenvalue weighted by Gasteiger charge is -2.20. The highest BCUT2D eigenvalue weighted by molar-refractivity contribution is 5.91. The van der Waals surface area contributed by atoms with Gasteiger partial charge in [0, 0.05) is 0 Å². The van der Waals surface area contributed by atoms with E-state index in [9.17, 15) is 4.79 Å². The number of hydrogen-bond acceptors (Lipinski definition) is 2. The van der Waals surface area contributed by atoms with Gasteiger partial charge in [0.1, 0.15) is 0 Å². The Bertz CT molecular complexity index is 562. The van der Waals surface area contributed by atoms with E-state index in [0.29, 0.717) is 5.76 Å². The molecule has 3 heteroatoms. The molecule has 0 aliphatic heterocycles. The van der Waals surface area contributed by atoms with E-state index < -0.39 is 0 Å². The van der Waals surface area contributed by atoms with Crippen molar-refractivity contribution in [2.45, 2.75) is 39.2 Å². The summed E-state index contributed by atoms with van der Waals surface area (Å²) >= 11 is 0. The van der Waals surface area contributed by atoms with E-state index >= 15 is 0 Å². The summed E-state index contributed by atoms with van der Waals surface area (Å²) in [5, 5.41) is 2.92. The van der Waals surface area contributed by atoms with E-state index in [2.05, 4.69) is 50.4 Å². The molecule has 1 N–H and O–H groups in total. The molecular weight excluding hydrogens is 250 g/mol. The number of hydrogen-bond donors (Lipinski definition) is 1. The molecule has 1 aromatic heterocycles. The topological polar surface area (TPSA) is 42.2 Å². The van der Waals surface area contributed by atoms with Crippen LogP contribution in [0.15, 0.2) is 47.1 Å². The molecule has 20 heavy (non-hydrogen) atoms. The lowest BCUT2D eigenvalue weighted by Crippen LogP contribution is -2.26. The number of rotatable bonds is 3. The average molecular weight is 271 g/mol. The molecule has 0 saturated heterocycles. The second-order valence-electron chi connectivity index (χ2n) is 6.04. The molecule has 1 aromatic carbocycles. The molecule has 1 amide bonds. The van der Waals surface area contributed by atoms with E-state index in [1.54, 1.807) is 12.1 Å². The molecule has 0 aliphatic carbocycles. The third-order valence-corrected chi connectivity index (χ3v) is 3.37. The van der Waals surface area contributed by atoms with Crippen LogP contribution in [0.25, 0.3) is 0 Å². The van der Waals surface area contributed by atoms with Gasteiger partial charge in [0.25, 0.3) is 5.91 Å². The van der Waals surface area contributed by atoms with Gasteiger partial charge in [-0.15, -0.1) is 0 Å². The van der Waals surface area contributed by atoms with Crippen molar-refractivity contribution in [3.8, 4) is 0 Å². The second-order valence-corrected chi connectivity index (χ2v) is 6.04. The van der Waals surface area contributed by atoms with Crippen molar-refractivity contribution in [1.82, 2.24) is 5.32 Å². The summed E-state index contributed by atoms with van der Waals surface area (Å²) < 4.78 is 5.08. The Balaban J connectivity index is 2.06. The van der Waals surface area contributed by atoms with Crippen molar-refractivity contribution in [1.29, 1.82) is 0 Å². The van der Waals surface area contributed by atoms with Crippen LogP contribution in [-0.4, -0.2) is 5.91 Å². The fourth-order valence-corrected chi connectivity index (χ4v) is 2.03. The van der Waals surface area contributed by atoms with Crippen molar-refractivity contribution in [2.75, 3.05) is 0 Å². The maximum Gasteiger partial charge on any atom is 0.287 e. The maximum absolute atomic E-state index is 11.9. The van der Waals surface area contributed by atoms with Gasteiger partial charge in [-0.05, 0) is 35.6 Å². The number of nitrogens with one attached hydrogen (secondary N) is 1. The predicted molar refractivity (Wildman–Crippen MR) is 79.7 cm³/mol. The van der Waals surface area contributed by atoms with Crippen LogP contribution in [0, 0.1) is 0 Å². The first kappa shape index (κ1) is 14.4. The fraction of sp³-hybridized carbons (Fsp3) is 0.353. The molecule has 0 fully saturated rings. The predicted octanol–water partition coefficient (Wildman–Crippen LogP) is 4.07. The van der Waals surface area contributed by atoms with Crippen LogP contribution in [0.3, 0.4) is 0 Å². The van der Waals surface area contributed by atoms with Gasteiger partial charge in [-0.3, -0.25) is 4.79 Å². The van der Waals surface area contributed by atoms with E-state index in [1.165, 1.54) is 11.8 Å². The largest absolute Gasteiger partial charge is 0.459 e. The van der Waals surface area contributed by atoms with Crippen LogP contribution >= 0.6 is 0 Å². The van der Waals surface area contributed by atoms with Crippen molar-refractivity contribution in [3.05, 3.63) is 59.5 Å². The van der Waals surface area contributed by atoms with Gasteiger partial charge in [-0.2, -0.15) is 0 Å². The van der Waals surface area contributed by atoms with Gasteiger partial charge in [0.05, 0.1) is 12.3 Å². The van der Waals surface area contributed by atoms with Crippen LogP contribution in [0.1, 0.15) is 55.4 Å². The lowest BCUT2D eigenvalue weighted by atomic mass is 9.86. The van der Waals surface area contributed by atoms with Crippen LogP contribution in [0.5, 0.6) is 0 Å². The summed E-state index contributed by atoms with van der Waals surface area (Å²) in [4.78, 5) is 11.9. The number of benzene rings is 1. The molecule has 0 saturated carbocycles. The van der Waals surface area contributed by atoms with Gasteiger partial charge in [0.15, 0.2) is 5.76 Å². The number of carbonyl (C=O) groups excluding carboxylic acids is 1. The first-order valence-corrected chi connectivity index (χ1v) is 6.83. The average Bonchev–Trinajstić information content (AvgIpc) is 2.91. The van der Waals surface area contributed by atoms with Crippen molar-refractivity contribution >= 4 is 5.91 Å². The monoisotopic (exact) mass is 271 g/mol. The second kappa shape index (κ2) is 5.53. The summed E-state index contributed by atoms with van der Waals surface area (Å²) in [5.41, 5.74) is 2.50. The number of carbonyl (C=O) groups is 1. The normalized spacial score (nSPS) is 13.0. The van der Waals surface area contributed by atoms with Crippen LogP contribution in [0.4, 0.5) is 0 Å². The zero-order valence-corrected chi connectivity index (χ0v) is 12.4. The highest BCUT2D eigenvalue weighted by atomic mass is 16.3. The van der Waals surface area contributed by atoms with Crippen LogP contribution in [0.2, 0.25) is 0 Å². The van der Waals surface area contributed by atoms with Gasteiger partial charge in [-0.25, -0.2) is 0 Å². The molecule has 2 rings (SSSR count). The zero-order chi connectivity index (χ0) is 14.8. The SMILES string of the molecule is CC(NC(=O)c1ccco1)c1ccc(C(C)(C)C)cc1. The molecule has 0 spiro atoms. The van der Waals surface area contributed by atoms with Gasteiger partial charge < -0.3 is 9.73 Å². The Morgan fingerprint density at radius 3 is 2.30 bits per heavy atom. The lowest BCUT2D eigenvalue weighted by molar-refractivity contribution is 0.0912. The Morgan fingerprint density at radius 1 is 1.15 bits per heavy atom. The number of amides is 1. The smallest absolute Gasteiger partial charge is 0.287 e. The maximum atomic E-state index is 11.9. The van der Waals surface area contributed by atoms with E-state index in [1.807, 2.05) is 6.92 Å². The molecule has 1 unspecified atom stereocenters. The first-order valence-electron chi connectivity index (χ1n) is 6.83. The molecule has 1 atom stereocenters. The van der Waals surface area contributed by atoms with Crippen LogP contribution in [-0.2, 0) is 5.41 Å². The highest BCUT2D eigenvalue weighted by Gasteiger charge is 2.16. The number of furan rings is 1. The minimum Gasteiger partial charge on any atom is -0.459 e. The third-order valence-electron chi connectivity index (χ3n) is 3.37. The molecule has 0 radical (unpaired) electrons. The summed E-state index contributed by atoms with van der Waals surface area (Å²) in [7, 11) is 0. The van der Waals surface area contributed by atoms with Crippen LogP contribution < -0.4 is 5.32 Å². The minimum absolute atomic E-state index is 0.0541. The minimum atomic E-state index is -0.192. The van der Waals surface area contributed by atoms with Gasteiger partial charge in [0.2, 0.25) is 0 Å². The van der Waals surface area contributed by atoms with E-state index in [-0.39, 0.29) is 17.4 Å².